The molecule has 160 valence electrons. The SMILES string of the molecule is Cc1cc(C)[nH+]c(C)c1.Cc1cc(C)[nH+]c(C)c1.O=C1C([O-])=C(Cl)C(=O)C([O-])=C1Cl. The monoisotopic (exact) mass is 450 g/mol. The van der Waals surface area contributed by atoms with E-state index < -0.39 is 33.1 Å². The summed E-state index contributed by atoms with van der Waals surface area (Å²) in [5.74, 6) is -4.92. The van der Waals surface area contributed by atoms with Crippen molar-refractivity contribution in [2.75, 3.05) is 0 Å². The van der Waals surface area contributed by atoms with Crippen LogP contribution in [0.5, 0.6) is 0 Å². The lowest BCUT2D eigenvalue weighted by atomic mass is 10.1. The van der Waals surface area contributed by atoms with Gasteiger partial charge in [-0.05, 0) is 36.5 Å². The van der Waals surface area contributed by atoms with Crippen LogP contribution in [-0.4, -0.2) is 11.6 Å². The number of Topliss-reactive ketones (excluding diaryl/α,β-unsaturated/α-hetero) is 2. The van der Waals surface area contributed by atoms with Crippen molar-refractivity contribution in [2.45, 2.75) is 41.5 Å². The van der Waals surface area contributed by atoms with Gasteiger partial charge in [0.2, 0.25) is 0 Å². The van der Waals surface area contributed by atoms with Crippen molar-refractivity contribution in [3.63, 3.8) is 0 Å². The summed E-state index contributed by atoms with van der Waals surface area (Å²) in [6.07, 6.45) is 0. The average Bonchev–Trinajstić information content (AvgIpc) is 2.62. The summed E-state index contributed by atoms with van der Waals surface area (Å²) in [5.41, 5.74) is 7.56. The number of nitrogens with one attached hydrogen (secondary N) is 2. The molecule has 0 saturated heterocycles. The Morgan fingerprint density at radius 3 is 1.03 bits per heavy atom. The Morgan fingerprint density at radius 1 is 0.600 bits per heavy atom. The minimum absolute atomic E-state index is 0.894. The van der Waals surface area contributed by atoms with Gasteiger partial charge in [-0.3, -0.25) is 9.59 Å². The Bertz CT molecular complexity index is 831. The third-order valence-corrected chi connectivity index (χ3v) is 4.46. The predicted octanol–water partition coefficient (Wildman–Crippen LogP) is 1.61. The standard InChI is InChI=1S/2C8H11N.C6H2Cl2O4/c2*1-6-4-7(2)9-8(3)5-6;7-1-3(9)5(11)2(8)6(12)4(1)10/h2*4-5H,1-3H3;9,12H. The van der Waals surface area contributed by atoms with Gasteiger partial charge in [-0.2, -0.15) is 0 Å². The number of ketones is 2. The molecule has 6 nitrogen and oxygen atoms in total. The van der Waals surface area contributed by atoms with E-state index in [1.54, 1.807) is 0 Å². The van der Waals surface area contributed by atoms with Crippen LogP contribution in [0.3, 0.4) is 0 Å². The molecule has 0 saturated carbocycles. The highest BCUT2D eigenvalue weighted by Gasteiger charge is 2.22. The van der Waals surface area contributed by atoms with Gasteiger partial charge >= 0.3 is 0 Å². The summed E-state index contributed by atoms with van der Waals surface area (Å²) in [6, 6.07) is 8.53. The van der Waals surface area contributed by atoms with Crippen molar-refractivity contribution >= 4 is 34.8 Å². The predicted molar refractivity (Wildman–Crippen MR) is 110 cm³/mol. The molecule has 0 fully saturated rings. The second-order valence-corrected chi connectivity index (χ2v) is 7.75. The molecule has 30 heavy (non-hydrogen) atoms. The Labute approximate surface area is 185 Å². The van der Waals surface area contributed by atoms with Gasteiger partial charge in [0, 0.05) is 52.0 Å². The van der Waals surface area contributed by atoms with Crippen molar-refractivity contribution in [1.82, 2.24) is 0 Å². The van der Waals surface area contributed by atoms with Gasteiger partial charge in [0.05, 0.1) is 10.1 Å². The fraction of sp³-hybridized carbons (Fsp3) is 0.273. The smallest absolute Gasteiger partial charge is 0.190 e. The number of allylic oxidation sites excluding steroid dienone is 2. The molecule has 0 bridgehead atoms. The summed E-state index contributed by atoms with van der Waals surface area (Å²) in [6.45, 7) is 12.5. The number of aromatic amines is 2. The number of hydrogen-bond acceptors (Lipinski definition) is 4. The summed E-state index contributed by atoms with van der Waals surface area (Å²) < 4.78 is 0. The van der Waals surface area contributed by atoms with Crippen LogP contribution in [0.1, 0.15) is 33.9 Å². The number of aryl methyl sites for hydroxylation is 6. The molecule has 1 aliphatic carbocycles. The lowest BCUT2D eigenvalue weighted by Crippen LogP contribution is -2.31. The second-order valence-electron chi connectivity index (χ2n) is 6.99. The first kappa shape index (κ1) is 25.3. The highest BCUT2D eigenvalue weighted by molar-refractivity contribution is 6.55. The first-order chi connectivity index (χ1) is 13.8. The molecule has 0 aliphatic heterocycles. The molecular formula is C22H24Cl2N2O4. The maximum absolute atomic E-state index is 10.7. The highest BCUT2D eigenvalue weighted by atomic mass is 35.5. The molecular weight excluding hydrogens is 427 g/mol. The van der Waals surface area contributed by atoms with E-state index in [-0.39, 0.29) is 0 Å². The zero-order valence-electron chi connectivity index (χ0n) is 17.7. The Hall–Kier alpha value is -2.70. The number of carbonyl (C=O) groups excluding carboxylic acids is 2. The van der Waals surface area contributed by atoms with E-state index >= 15 is 0 Å². The summed E-state index contributed by atoms with van der Waals surface area (Å²) in [7, 11) is 0. The quantitative estimate of drug-likeness (QED) is 0.567. The molecule has 0 atom stereocenters. The fourth-order valence-electron chi connectivity index (χ4n) is 2.82. The van der Waals surface area contributed by atoms with E-state index in [0.29, 0.717) is 0 Å². The number of halogens is 2. The highest BCUT2D eigenvalue weighted by Crippen LogP contribution is 2.23. The van der Waals surface area contributed by atoms with Crippen molar-refractivity contribution in [2.24, 2.45) is 0 Å². The van der Waals surface area contributed by atoms with E-state index in [0.717, 1.165) is 0 Å². The maximum Gasteiger partial charge on any atom is 0.190 e. The number of hydrogen-bond donors (Lipinski definition) is 0. The van der Waals surface area contributed by atoms with Crippen LogP contribution < -0.4 is 20.2 Å². The van der Waals surface area contributed by atoms with Crippen molar-refractivity contribution in [3.05, 3.63) is 79.8 Å². The van der Waals surface area contributed by atoms with E-state index in [1.165, 1.54) is 33.9 Å². The molecule has 0 radical (unpaired) electrons. The minimum atomic E-state index is -1.23. The van der Waals surface area contributed by atoms with Gasteiger partial charge in [-0.25, -0.2) is 9.97 Å². The molecule has 0 spiro atoms. The minimum Gasteiger partial charge on any atom is -0.869 e. The summed E-state index contributed by atoms with van der Waals surface area (Å²) in [4.78, 5) is 27.8. The Morgan fingerprint density at radius 2 is 0.833 bits per heavy atom. The van der Waals surface area contributed by atoms with E-state index in [1.807, 2.05) is 0 Å². The van der Waals surface area contributed by atoms with Crippen LogP contribution in [0.15, 0.2) is 45.8 Å². The lowest BCUT2D eigenvalue weighted by molar-refractivity contribution is -0.397. The second kappa shape index (κ2) is 10.9. The molecule has 2 N–H and O–H groups in total. The molecule has 1 aliphatic rings. The van der Waals surface area contributed by atoms with Crippen molar-refractivity contribution in [1.29, 1.82) is 0 Å². The molecule has 2 aromatic heterocycles. The number of carbonyl (C=O) groups is 2. The van der Waals surface area contributed by atoms with Crippen LogP contribution in [0.25, 0.3) is 0 Å². The number of aromatic nitrogens is 2. The van der Waals surface area contributed by atoms with Crippen LogP contribution in [0, 0.1) is 41.5 Å². The van der Waals surface area contributed by atoms with Crippen LogP contribution in [0.2, 0.25) is 0 Å². The Balaban J connectivity index is 0.000000229. The largest absolute Gasteiger partial charge is 0.869 e. The van der Waals surface area contributed by atoms with Gasteiger partial charge in [-0.15, -0.1) is 0 Å². The number of H-pyrrole nitrogens is 2. The van der Waals surface area contributed by atoms with Crippen LogP contribution in [0.4, 0.5) is 0 Å². The van der Waals surface area contributed by atoms with Gasteiger partial charge < -0.3 is 10.2 Å². The van der Waals surface area contributed by atoms with Crippen LogP contribution in [-0.2, 0) is 9.59 Å². The summed E-state index contributed by atoms with van der Waals surface area (Å²) in [5, 5.41) is 19.6. The topological polar surface area (TPSA) is 109 Å². The molecule has 2 aromatic rings. The average molecular weight is 451 g/mol. The van der Waals surface area contributed by atoms with Gasteiger partial charge in [0.1, 0.15) is 0 Å². The van der Waals surface area contributed by atoms with Crippen molar-refractivity contribution in [3.8, 4) is 0 Å². The molecule has 3 rings (SSSR count). The normalized spacial score (nSPS) is 13.5. The lowest BCUT2D eigenvalue weighted by Gasteiger charge is -2.23. The zero-order valence-corrected chi connectivity index (χ0v) is 19.2. The van der Waals surface area contributed by atoms with E-state index in [4.69, 9.17) is 23.2 Å². The third kappa shape index (κ3) is 7.28. The number of rotatable bonds is 0. The molecule has 2 heterocycles. The maximum atomic E-state index is 10.7. The first-order valence-corrected chi connectivity index (χ1v) is 9.76. The van der Waals surface area contributed by atoms with Gasteiger partial charge in [0.15, 0.2) is 34.3 Å². The van der Waals surface area contributed by atoms with Crippen LogP contribution >= 0.6 is 23.2 Å². The van der Waals surface area contributed by atoms with Gasteiger partial charge in [-0.1, -0.05) is 23.2 Å². The van der Waals surface area contributed by atoms with Crippen molar-refractivity contribution < 1.29 is 29.8 Å². The number of pyridine rings is 2. The zero-order chi connectivity index (χ0) is 23.2. The molecule has 0 unspecified atom stereocenters. The van der Waals surface area contributed by atoms with E-state index in [2.05, 4.69) is 75.8 Å². The van der Waals surface area contributed by atoms with E-state index in [9.17, 15) is 19.8 Å². The van der Waals surface area contributed by atoms with Gasteiger partial charge in [0.25, 0.3) is 0 Å². The fourth-order valence-corrected chi connectivity index (χ4v) is 3.16. The Kier molecular flexibility index (Phi) is 9.21. The molecule has 8 heteroatoms. The third-order valence-electron chi connectivity index (χ3n) is 3.78. The molecule has 0 aromatic carbocycles. The molecule has 0 amide bonds. The first-order valence-electron chi connectivity index (χ1n) is 9.00. The summed E-state index contributed by atoms with van der Waals surface area (Å²) >= 11 is 10.2.